The highest BCUT2D eigenvalue weighted by atomic mass is 35.5. The highest BCUT2D eigenvalue weighted by molar-refractivity contribution is 6.33. The number of rotatable bonds is 3. The van der Waals surface area contributed by atoms with E-state index in [1.807, 2.05) is 0 Å². The van der Waals surface area contributed by atoms with Gasteiger partial charge in [0.25, 0.3) is 0 Å². The second kappa shape index (κ2) is 5.25. The molecule has 0 fully saturated rings. The zero-order chi connectivity index (χ0) is 13.1. The van der Waals surface area contributed by atoms with Crippen LogP contribution in [-0.4, -0.2) is 4.92 Å². The second-order valence-corrected chi connectivity index (χ2v) is 4.24. The van der Waals surface area contributed by atoms with Crippen LogP contribution in [0.3, 0.4) is 0 Å². The van der Waals surface area contributed by atoms with Gasteiger partial charge >= 0.3 is 5.69 Å². The topological polar surface area (TPSA) is 52.4 Å². The molecule has 0 saturated heterocycles. The molecule has 0 heterocycles. The Bertz CT molecular complexity index is 584. The van der Waals surface area contributed by atoms with Crippen molar-refractivity contribution < 1.29 is 9.66 Å². The van der Waals surface area contributed by atoms with Crippen LogP contribution in [0.2, 0.25) is 10.0 Å². The summed E-state index contributed by atoms with van der Waals surface area (Å²) >= 11 is 11.5. The SMILES string of the molecule is O=[N+]([O-])c1c(Cl)cccc1Oc1ccc(Cl)cc1. The van der Waals surface area contributed by atoms with E-state index >= 15 is 0 Å². The molecule has 0 aliphatic carbocycles. The third-order valence-corrected chi connectivity index (χ3v) is 2.73. The van der Waals surface area contributed by atoms with Crippen molar-refractivity contribution in [3.63, 3.8) is 0 Å². The normalized spacial score (nSPS) is 10.1. The Morgan fingerprint density at radius 1 is 1.06 bits per heavy atom. The largest absolute Gasteiger partial charge is 0.450 e. The van der Waals surface area contributed by atoms with Crippen molar-refractivity contribution in [3.05, 3.63) is 62.6 Å². The van der Waals surface area contributed by atoms with E-state index in [4.69, 9.17) is 27.9 Å². The van der Waals surface area contributed by atoms with Crippen molar-refractivity contribution in [1.82, 2.24) is 0 Å². The van der Waals surface area contributed by atoms with Crippen LogP contribution in [0, 0.1) is 10.1 Å². The summed E-state index contributed by atoms with van der Waals surface area (Å²) in [7, 11) is 0. The average molecular weight is 284 g/mol. The van der Waals surface area contributed by atoms with Gasteiger partial charge in [0, 0.05) is 5.02 Å². The molecule has 2 aromatic rings. The molecule has 0 aliphatic rings. The number of hydrogen-bond donors (Lipinski definition) is 0. The standard InChI is InChI=1S/C12H7Cl2NO3/c13-8-4-6-9(7-5-8)18-11-3-1-2-10(14)12(11)15(16)17/h1-7H. The molecule has 0 spiro atoms. The van der Waals surface area contributed by atoms with Crippen molar-refractivity contribution in [2.75, 3.05) is 0 Å². The van der Waals surface area contributed by atoms with Crippen LogP contribution in [0.4, 0.5) is 5.69 Å². The van der Waals surface area contributed by atoms with E-state index in [-0.39, 0.29) is 16.5 Å². The fraction of sp³-hybridized carbons (Fsp3) is 0. The zero-order valence-electron chi connectivity index (χ0n) is 8.97. The number of hydrogen-bond acceptors (Lipinski definition) is 3. The molecule has 6 heteroatoms. The van der Waals surface area contributed by atoms with Gasteiger partial charge in [-0.1, -0.05) is 29.3 Å². The Hall–Kier alpha value is -1.78. The summed E-state index contributed by atoms with van der Waals surface area (Å²) in [4.78, 5) is 10.3. The van der Waals surface area contributed by atoms with Gasteiger partial charge < -0.3 is 4.74 Å². The van der Waals surface area contributed by atoms with Crippen LogP contribution in [0.25, 0.3) is 0 Å². The quantitative estimate of drug-likeness (QED) is 0.606. The summed E-state index contributed by atoms with van der Waals surface area (Å²) in [5.41, 5.74) is -0.255. The number of nitro groups is 1. The maximum Gasteiger partial charge on any atom is 0.329 e. The Kier molecular flexibility index (Phi) is 3.69. The van der Waals surface area contributed by atoms with Gasteiger partial charge in [0.1, 0.15) is 10.8 Å². The molecule has 2 rings (SSSR count). The average Bonchev–Trinajstić information content (AvgIpc) is 2.32. The van der Waals surface area contributed by atoms with Crippen molar-refractivity contribution in [2.45, 2.75) is 0 Å². The van der Waals surface area contributed by atoms with Gasteiger partial charge in [0.2, 0.25) is 5.75 Å². The van der Waals surface area contributed by atoms with E-state index in [0.29, 0.717) is 10.8 Å². The molecular weight excluding hydrogens is 277 g/mol. The molecule has 0 amide bonds. The van der Waals surface area contributed by atoms with Crippen molar-refractivity contribution in [3.8, 4) is 11.5 Å². The van der Waals surface area contributed by atoms with E-state index in [0.717, 1.165) is 0 Å². The molecule has 0 saturated carbocycles. The first-order valence-electron chi connectivity index (χ1n) is 4.94. The third kappa shape index (κ3) is 2.72. The summed E-state index contributed by atoms with van der Waals surface area (Å²) in [6.45, 7) is 0. The zero-order valence-corrected chi connectivity index (χ0v) is 10.5. The molecule has 0 bridgehead atoms. The number of nitro benzene ring substituents is 1. The Morgan fingerprint density at radius 3 is 2.33 bits per heavy atom. The van der Waals surface area contributed by atoms with Crippen LogP contribution >= 0.6 is 23.2 Å². The predicted molar refractivity (Wildman–Crippen MR) is 69.6 cm³/mol. The van der Waals surface area contributed by atoms with Crippen molar-refractivity contribution >= 4 is 28.9 Å². The third-order valence-electron chi connectivity index (χ3n) is 2.17. The van der Waals surface area contributed by atoms with Crippen molar-refractivity contribution in [1.29, 1.82) is 0 Å². The van der Waals surface area contributed by atoms with Gasteiger partial charge in [-0.2, -0.15) is 0 Å². The van der Waals surface area contributed by atoms with E-state index in [1.54, 1.807) is 30.3 Å². The molecule has 0 aliphatic heterocycles. The van der Waals surface area contributed by atoms with E-state index in [1.165, 1.54) is 12.1 Å². The highest BCUT2D eigenvalue weighted by Crippen LogP contribution is 2.36. The Morgan fingerprint density at radius 2 is 1.72 bits per heavy atom. The fourth-order valence-corrected chi connectivity index (χ4v) is 1.75. The van der Waals surface area contributed by atoms with Gasteiger partial charge in [-0.15, -0.1) is 0 Å². The lowest BCUT2D eigenvalue weighted by atomic mass is 10.3. The lowest BCUT2D eigenvalue weighted by molar-refractivity contribution is -0.385. The summed E-state index contributed by atoms with van der Waals surface area (Å²) in [6, 6.07) is 11.0. The first kappa shape index (κ1) is 12.7. The molecule has 92 valence electrons. The molecule has 2 aromatic carbocycles. The molecular formula is C12H7Cl2NO3. The minimum Gasteiger partial charge on any atom is -0.450 e. The van der Waals surface area contributed by atoms with Crippen LogP contribution in [-0.2, 0) is 0 Å². The summed E-state index contributed by atoms with van der Waals surface area (Å²) in [5.74, 6) is 0.541. The minimum atomic E-state index is -0.576. The van der Waals surface area contributed by atoms with Gasteiger partial charge in [-0.25, -0.2) is 0 Å². The summed E-state index contributed by atoms with van der Waals surface area (Å²) in [5, 5.41) is 11.5. The maximum atomic E-state index is 10.9. The highest BCUT2D eigenvalue weighted by Gasteiger charge is 2.20. The lowest BCUT2D eigenvalue weighted by Gasteiger charge is -2.06. The van der Waals surface area contributed by atoms with Crippen molar-refractivity contribution in [2.24, 2.45) is 0 Å². The molecule has 0 aromatic heterocycles. The Balaban J connectivity index is 2.37. The monoisotopic (exact) mass is 283 g/mol. The summed E-state index contributed by atoms with van der Waals surface area (Å²) < 4.78 is 5.42. The molecule has 0 radical (unpaired) electrons. The molecule has 0 N–H and O–H groups in total. The number of nitrogens with zero attached hydrogens (tertiary/aromatic N) is 1. The van der Waals surface area contributed by atoms with Gasteiger partial charge in [0.15, 0.2) is 0 Å². The number of ether oxygens (including phenoxy) is 1. The summed E-state index contributed by atoms with van der Waals surface area (Å²) in [6.07, 6.45) is 0. The maximum absolute atomic E-state index is 10.9. The van der Waals surface area contributed by atoms with Crippen LogP contribution in [0.1, 0.15) is 0 Å². The molecule has 0 unspecified atom stereocenters. The minimum absolute atomic E-state index is 0.0338. The fourth-order valence-electron chi connectivity index (χ4n) is 1.38. The number of para-hydroxylation sites is 1. The van der Waals surface area contributed by atoms with E-state index in [2.05, 4.69) is 0 Å². The van der Waals surface area contributed by atoms with Crippen LogP contribution in [0.5, 0.6) is 11.5 Å². The second-order valence-electron chi connectivity index (χ2n) is 3.40. The van der Waals surface area contributed by atoms with E-state index < -0.39 is 4.92 Å². The number of benzene rings is 2. The molecule has 0 atom stereocenters. The van der Waals surface area contributed by atoms with Gasteiger partial charge in [-0.05, 0) is 36.4 Å². The smallest absolute Gasteiger partial charge is 0.329 e. The van der Waals surface area contributed by atoms with Gasteiger partial charge in [-0.3, -0.25) is 10.1 Å². The Labute approximate surface area is 113 Å². The predicted octanol–water partition coefficient (Wildman–Crippen LogP) is 4.69. The van der Waals surface area contributed by atoms with Gasteiger partial charge in [0.05, 0.1) is 4.92 Å². The molecule has 18 heavy (non-hydrogen) atoms. The first-order chi connectivity index (χ1) is 8.58. The van der Waals surface area contributed by atoms with E-state index in [9.17, 15) is 10.1 Å². The lowest BCUT2D eigenvalue weighted by Crippen LogP contribution is -1.94. The number of halogens is 2. The van der Waals surface area contributed by atoms with Crippen LogP contribution < -0.4 is 4.74 Å². The first-order valence-corrected chi connectivity index (χ1v) is 5.70. The molecule has 4 nitrogen and oxygen atoms in total. The van der Waals surface area contributed by atoms with Crippen LogP contribution in [0.15, 0.2) is 42.5 Å².